The first-order valence-corrected chi connectivity index (χ1v) is 6.23. The maximum absolute atomic E-state index is 11.5. The van der Waals surface area contributed by atoms with Gasteiger partial charge in [0.1, 0.15) is 6.33 Å². The second-order valence-corrected chi connectivity index (χ2v) is 4.84. The van der Waals surface area contributed by atoms with Crippen molar-refractivity contribution in [3.63, 3.8) is 0 Å². The quantitative estimate of drug-likeness (QED) is 0.790. The van der Waals surface area contributed by atoms with Crippen LogP contribution in [0.25, 0.3) is 11.2 Å². The Bertz CT molecular complexity index is 809. The summed E-state index contributed by atoms with van der Waals surface area (Å²) in [6.07, 6.45) is 2.94. The van der Waals surface area contributed by atoms with Crippen molar-refractivity contribution in [1.82, 2.24) is 19.5 Å². The van der Waals surface area contributed by atoms with Crippen LogP contribution < -0.4 is 5.56 Å². The fraction of sp³-hybridized carbons (Fsp3) is 0.0833. The van der Waals surface area contributed by atoms with Crippen molar-refractivity contribution in [1.29, 1.82) is 0 Å². The molecular weight excluding hydrogens is 287 g/mol. The number of benzene rings is 1. The molecule has 0 radical (unpaired) electrons. The molecule has 0 unspecified atom stereocenters. The largest absolute Gasteiger partial charge is 0.339 e. The normalized spacial score (nSPS) is 11.1. The zero-order valence-electron chi connectivity index (χ0n) is 9.60. The number of halogens is 2. The van der Waals surface area contributed by atoms with Crippen LogP contribution in [-0.4, -0.2) is 19.5 Å². The molecule has 96 valence electrons. The van der Waals surface area contributed by atoms with E-state index in [9.17, 15) is 4.79 Å². The van der Waals surface area contributed by atoms with E-state index in [-0.39, 0.29) is 5.56 Å². The van der Waals surface area contributed by atoms with E-state index in [1.807, 2.05) is 6.07 Å². The summed E-state index contributed by atoms with van der Waals surface area (Å²) in [7, 11) is 0. The number of aromatic nitrogens is 4. The Kier molecular flexibility index (Phi) is 3.00. The Labute approximate surface area is 117 Å². The number of H-pyrrole nitrogens is 1. The highest BCUT2D eigenvalue weighted by molar-refractivity contribution is 6.42. The van der Waals surface area contributed by atoms with E-state index in [4.69, 9.17) is 23.2 Å². The first kappa shape index (κ1) is 12.2. The summed E-state index contributed by atoms with van der Waals surface area (Å²) in [4.78, 5) is 22.2. The molecule has 5 nitrogen and oxygen atoms in total. The van der Waals surface area contributed by atoms with Crippen molar-refractivity contribution in [2.45, 2.75) is 6.54 Å². The van der Waals surface area contributed by atoms with E-state index in [2.05, 4.69) is 15.0 Å². The Morgan fingerprint density at radius 1 is 1.21 bits per heavy atom. The smallest absolute Gasteiger partial charge is 0.298 e. The Morgan fingerprint density at radius 2 is 2.05 bits per heavy atom. The van der Waals surface area contributed by atoms with Gasteiger partial charge in [-0.3, -0.25) is 4.79 Å². The van der Waals surface area contributed by atoms with Crippen LogP contribution in [0.1, 0.15) is 5.56 Å². The minimum Gasteiger partial charge on any atom is -0.339 e. The van der Waals surface area contributed by atoms with Gasteiger partial charge in [-0.05, 0) is 17.7 Å². The fourth-order valence-electron chi connectivity index (χ4n) is 1.85. The number of hydrogen-bond donors (Lipinski definition) is 1. The minimum absolute atomic E-state index is 0.321. The summed E-state index contributed by atoms with van der Waals surface area (Å²) >= 11 is 11.8. The molecule has 2 heterocycles. The molecule has 2 aromatic heterocycles. The van der Waals surface area contributed by atoms with Gasteiger partial charge in [-0.2, -0.15) is 4.98 Å². The fourth-order valence-corrected chi connectivity index (χ4v) is 2.17. The predicted molar refractivity (Wildman–Crippen MR) is 73.7 cm³/mol. The third-order valence-electron chi connectivity index (χ3n) is 2.76. The van der Waals surface area contributed by atoms with Gasteiger partial charge >= 0.3 is 0 Å². The zero-order valence-corrected chi connectivity index (χ0v) is 11.1. The van der Waals surface area contributed by atoms with Gasteiger partial charge in [-0.25, -0.2) is 4.98 Å². The van der Waals surface area contributed by atoms with Gasteiger partial charge in [0.15, 0.2) is 11.2 Å². The summed E-state index contributed by atoms with van der Waals surface area (Å²) in [5.74, 6) is 0. The molecule has 0 saturated heterocycles. The molecule has 0 aliphatic rings. The highest BCUT2D eigenvalue weighted by Crippen LogP contribution is 2.23. The van der Waals surface area contributed by atoms with Gasteiger partial charge in [0.25, 0.3) is 5.56 Å². The maximum atomic E-state index is 11.5. The average molecular weight is 295 g/mol. The first-order valence-electron chi connectivity index (χ1n) is 5.47. The molecule has 0 amide bonds. The Hall–Kier alpha value is -1.85. The van der Waals surface area contributed by atoms with Gasteiger partial charge in [0.05, 0.1) is 22.9 Å². The van der Waals surface area contributed by atoms with Gasteiger partial charge in [0.2, 0.25) is 0 Å². The average Bonchev–Trinajstić information content (AvgIpc) is 2.87. The molecule has 0 atom stereocenters. The summed E-state index contributed by atoms with van der Waals surface area (Å²) in [5, 5.41) is 1.000. The maximum Gasteiger partial charge on any atom is 0.298 e. The highest BCUT2D eigenvalue weighted by Gasteiger charge is 2.07. The molecule has 0 aliphatic carbocycles. The molecule has 19 heavy (non-hydrogen) atoms. The molecule has 1 aromatic carbocycles. The molecule has 0 spiro atoms. The third kappa shape index (κ3) is 2.22. The van der Waals surface area contributed by atoms with E-state index in [1.165, 1.54) is 12.7 Å². The summed E-state index contributed by atoms with van der Waals surface area (Å²) in [6.45, 7) is 0.505. The number of hydrogen-bond acceptors (Lipinski definition) is 3. The van der Waals surface area contributed by atoms with E-state index in [0.29, 0.717) is 27.8 Å². The molecule has 0 aliphatic heterocycles. The number of imidazole rings is 1. The monoisotopic (exact) mass is 294 g/mol. The Morgan fingerprint density at radius 3 is 2.84 bits per heavy atom. The molecule has 0 bridgehead atoms. The van der Waals surface area contributed by atoms with E-state index >= 15 is 0 Å². The summed E-state index contributed by atoms with van der Waals surface area (Å²) in [5.41, 5.74) is 1.58. The summed E-state index contributed by atoms with van der Waals surface area (Å²) < 4.78 is 1.77. The van der Waals surface area contributed by atoms with Crippen molar-refractivity contribution >= 4 is 34.4 Å². The van der Waals surface area contributed by atoms with E-state index in [1.54, 1.807) is 16.7 Å². The lowest BCUT2D eigenvalue weighted by molar-refractivity contribution is 0.789. The molecule has 0 saturated carbocycles. The number of nitrogens with one attached hydrogen (secondary N) is 1. The zero-order chi connectivity index (χ0) is 13.4. The molecule has 1 N–H and O–H groups in total. The standard InChI is InChI=1S/C12H8Cl2N4O/c13-8-2-1-7(3-9(8)14)4-18-6-17-12(19)10-11(18)16-5-15-10/h1-3,5-6H,4H2,(H,15,16). The van der Waals surface area contributed by atoms with Gasteiger partial charge in [-0.1, -0.05) is 29.3 Å². The molecular formula is C12H8Cl2N4O. The highest BCUT2D eigenvalue weighted by atomic mass is 35.5. The van der Waals surface area contributed by atoms with Gasteiger partial charge < -0.3 is 9.55 Å². The van der Waals surface area contributed by atoms with E-state index < -0.39 is 0 Å². The number of fused-ring (bicyclic) bond motifs is 1. The second kappa shape index (κ2) is 4.68. The van der Waals surface area contributed by atoms with Crippen molar-refractivity contribution in [2.24, 2.45) is 0 Å². The molecule has 7 heteroatoms. The third-order valence-corrected chi connectivity index (χ3v) is 3.50. The van der Waals surface area contributed by atoms with Crippen LogP contribution in [-0.2, 0) is 6.54 Å². The van der Waals surface area contributed by atoms with Crippen molar-refractivity contribution in [3.05, 3.63) is 56.8 Å². The second-order valence-electron chi connectivity index (χ2n) is 4.03. The number of nitrogens with zero attached hydrogens (tertiary/aromatic N) is 3. The first-order chi connectivity index (χ1) is 9.15. The van der Waals surface area contributed by atoms with Crippen molar-refractivity contribution < 1.29 is 0 Å². The van der Waals surface area contributed by atoms with Gasteiger partial charge in [-0.15, -0.1) is 0 Å². The lowest BCUT2D eigenvalue weighted by Crippen LogP contribution is -2.13. The Balaban J connectivity index is 2.06. The lowest BCUT2D eigenvalue weighted by Gasteiger charge is -2.07. The molecule has 0 fully saturated rings. The van der Waals surface area contributed by atoms with Crippen LogP contribution in [0.5, 0.6) is 0 Å². The van der Waals surface area contributed by atoms with Crippen LogP contribution in [0, 0.1) is 0 Å². The van der Waals surface area contributed by atoms with Crippen molar-refractivity contribution in [3.8, 4) is 0 Å². The topological polar surface area (TPSA) is 63.6 Å². The predicted octanol–water partition coefficient (Wildman–Crippen LogP) is 2.47. The van der Waals surface area contributed by atoms with E-state index in [0.717, 1.165) is 5.56 Å². The SMILES string of the molecule is O=c1ncn(Cc2ccc(Cl)c(Cl)c2)c2nc[nH]c12. The summed E-state index contributed by atoms with van der Waals surface area (Å²) in [6, 6.07) is 5.38. The lowest BCUT2D eigenvalue weighted by atomic mass is 10.2. The van der Waals surface area contributed by atoms with Crippen LogP contribution >= 0.6 is 23.2 Å². The molecule has 3 aromatic rings. The molecule has 3 rings (SSSR count). The van der Waals surface area contributed by atoms with Gasteiger partial charge in [0, 0.05) is 0 Å². The van der Waals surface area contributed by atoms with Crippen molar-refractivity contribution in [2.75, 3.05) is 0 Å². The van der Waals surface area contributed by atoms with Crippen LogP contribution in [0.2, 0.25) is 10.0 Å². The minimum atomic E-state index is -0.321. The number of aromatic amines is 1. The van der Waals surface area contributed by atoms with Crippen LogP contribution in [0.4, 0.5) is 0 Å². The van der Waals surface area contributed by atoms with Crippen LogP contribution in [0.3, 0.4) is 0 Å². The number of rotatable bonds is 2. The van der Waals surface area contributed by atoms with Crippen LogP contribution in [0.15, 0.2) is 35.6 Å².